The Hall–Kier alpha value is -1.17. The summed E-state index contributed by atoms with van der Waals surface area (Å²) in [6.45, 7) is -0.339. The molecule has 11 nitrogen and oxygen atoms in total. The number of hydrogen-bond acceptors (Lipinski definition) is 9. The van der Waals surface area contributed by atoms with Crippen LogP contribution in [0, 0.1) is 0 Å². The van der Waals surface area contributed by atoms with Crippen LogP contribution in [0.3, 0.4) is 0 Å². The van der Waals surface area contributed by atoms with Crippen molar-refractivity contribution >= 4 is 8.53 Å². The second kappa shape index (κ2) is 5.91. The minimum absolute atomic E-state index is 0.339. The van der Waals surface area contributed by atoms with Crippen molar-refractivity contribution in [1.29, 1.82) is 0 Å². The van der Waals surface area contributed by atoms with Gasteiger partial charge in [-0.25, -0.2) is 4.79 Å². The van der Waals surface area contributed by atoms with Crippen LogP contribution in [0.15, 0.2) is 21.9 Å². The molecule has 0 saturated carbocycles. The Kier molecular flexibility index (Phi) is 4.56. The Morgan fingerprint density at radius 2 is 2.24 bits per heavy atom. The number of nitrogens with two attached hydrogens (primary N) is 2. The third kappa shape index (κ3) is 3.20. The molecule has 1 unspecified atom stereocenters. The Morgan fingerprint density at radius 1 is 1.57 bits per heavy atom. The molecule has 1 aromatic rings. The van der Waals surface area contributed by atoms with Gasteiger partial charge in [0.05, 0.1) is 6.61 Å². The maximum Gasteiger partial charge on any atom is 0.330 e. The Labute approximate surface area is 118 Å². The first kappa shape index (κ1) is 16.2. The number of rotatable bonds is 4. The summed E-state index contributed by atoms with van der Waals surface area (Å²) in [4.78, 5) is 33.5. The molecule has 0 aromatic carbocycles. The third-order valence-electron chi connectivity index (χ3n) is 3.00. The lowest BCUT2D eigenvalue weighted by molar-refractivity contribution is -0.106. The lowest BCUT2D eigenvalue weighted by Gasteiger charge is -2.27. The Bertz CT molecular complexity index is 615. The first-order valence-electron chi connectivity index (χ1n) is 5.76. The highest BCUT2D eigenvalue weighted by Gasteiger charge is 2.54. The molecule has 8 N–H and O–H groups in total. The van der Waals surface area contributed by atoms with Gasteiger partial charge >= 0.3 is 5.69 Å². The molecule has 12 heteroatoms. The third-order valence-corrected chi connectivity index (χ3v) is 3.41. The van der Waals surface area contributed by atoms with E-state index in [9.17, 15) is 19.8 Å². The number of ether oxygens (including phenoxy) is 1. The molecule has 118 valence electrons. The van der Waals surface area contributed by atoms with Gasteiger partial charge in [-0.1, -0.05) is 0 Å². The molecule has 1 aromatic heterocycles. The van der Waals surface area contributed by atoms with Gasteiger partial charge in [-0.05, 0) is 0 Å². The van der Waals surface area contributed by atoms with E-state index < -0.39 is 43.9 Å². The molecule has 2 rings (SSSR count). The molecule has 5 atom stereocenters. The van der Waals surface area contributed by atoms with E-state index in [4.69, 9.17) is 25.4 Å². The van der Waals surface area contributed by atoms with Gasteiger partial charge in [0, 0.05) is 12.3 Å². The van der Waals surface area contributed by atoms with E-state index in [0.717, 1.165) is 16.8 Å². The monoisotopic (exact) mass is 322 g/mol. The van der Waals surface area contributed by atoms with Gasteiger partial charge in [0.2, 0.25) is 8.53 Å². The highest BCUT2D eigenvalue weighted by molar-refractivity contribution is 7.43. The summed E-state index contributed by atoms with van der Waals surface area (Å²) < 4.78 is 10.8. The van der Waals surface area contributed by atoms with E-state index in [-0.39, 0.29) is 6.61 Å². The quantitative estimate of drug-likeness (QED) is 0.243. The number of aliphatic hydroxyl groups excluding tert-OH is 1. The fourth-order valence-electron chi connectivity index (χ4n) is 1.97. The van der Waals surface area contributed by atoms with E-state index in [1.807, 2.05) is 4.98 Å². The van der Waals surface area contributed by atoms with E-state index in [1.165, 1.54) is 0 Å². The van der Waals surface area contributed by atoms with Crippen LogP contribution in [0.5, 0.6) is 0 Å². The van der Waals surface area contributed by atoms with Crippen LogP contribution >= 0.6 is 8.53 Å². The minimum atomic E-state index is -2.30. The smallest absolute Gasteiger partial charge is 0.330 e. The molecular weight excluding hydrogens is 307 g/mol. The number of hydrogen-bond donors (Lipinski definition) is 6. The van der Waals surface area contributed by atoms with Gasteiger partial charge < -0.3 is 24.4 Å². The number of aliphatic hydroxyl groups is 2. The lowest BCUT2D eigenvalue weighted by atomic mass is 10.1. The molecule has 0 bridgehead atoms. The fourth-order valence-corrected chi connectivity index (χ4v) is 2.27. The number of nitrogens with zero attached hydrogens (tertiary/aromatic N) is 1. The zero-order chi connectivity index (χ0) is 15.8. The molecule has 0 spiro atoms. The van der Waals surface area contributed by atoms with Crippen LogP contribution < -0.4 is 22.5 Å². The van der Waals surface area contributed by atoms with Crippen molar-refractivity contribution in [2.24, 2.45) is 11.2 Å². The van der Waals surface area contributed by atoms with Crippen molar-refractivity contribution in [2.75, 3.05) is 6.61 Å². The summed E-state index contributed by atoms with van der Waals surface area (Å²) in [7, 11) is -2.18. The first-order valence-corrected chi connectivity index (χ1v) is 7.04. The van der Waals surface area contributed by atoms with Crippen LogP contribution in [0.2, 0.25) is 0 Å². The van der Waals surface area contributed by atoms with E-state index in [1.54, 1.807) is 0 Å². The molecule has 0 aliphatic carbocycles. The SMILES string of the molecule is NP(O)OC[C@H]1O[C@@H](n2ccc(=O)[nH]c2=O)[C@](N)(O)[C@@H]1O. The second-order valence-electron chi connectivity index (χ2n) is 4.47. The molecule has 21 heavy (non-hydrogen) atoms. The zero-order valence-corrected chi connectivity index (χ0v) is 11.5. The van der Waals surface area contributed by atoms with Crippen LogP contribution in [0.1, 0.15) is 6.23 Å². The summed E-state index contributed by atoms with van der Waals surface area (Å²) in [6.07, 6.45) is -3.10. The van der Waals surface area contributed by atoms with Crippen LogP contribution in [-0.4, -0.2) is 49.2 Å². The van der Waals surface area contributed by atoms with E-state index in [0.29, 0.717) is 0 Å². The van der Waals surface area contributed by atoms with Crippen LogP contribution in [0.4, 0.5) is 0 Å². The maximum absolute atomic E-state index is 11.7. The van der Waals surface area contributed by atoms with Gasteiger partial charge in [0.1, 0.15) is 12.2 Å². The van der Waals surface area contributed by atoms with Crippen LogP contribution in [-0.2, 0) is 9.26 Å². The average Bonchev–Trinajstić information content (AvgIpc) is 2.60. The topological polar surface area (TPSA) is 186 Å². The molecule has 0 radical (unpaired) electrons. The van der Waals surface area contributed by atoms with Crippen molar-refractivity contribution in [1.82, 2.24) is 9.55 Å². The molecule has 0 amide bonds. The average molecular weight is 322 g/mol. The van der Waals surface area contributed by atoms with E-state index >= 15 is 0 Å². The van der Waals surface area contributed by atoms with Crippen molar-refractivity contribution in [3.63, 3.8) is 0 Å². The van der Waals surface area contributed by atoms with Crippen molar-refractivity contribution in [3.05, 3.63) is 33.1 Å². The molecule has 1 saturated heterocycles. The normalized spacial score (nSPS) is 34.0. The number of aromatic nitrogens is 2. The lowest BCUT2D eigenvalue weighted by Crippen LogP contribution is -2.56. The Morgan fingerprint density at radius 3 is 2.81 bits per heavy atom. The fraction of sp³-hybridized carbons (Fsp3) is 0.556. The predicted molar refractivity (Wildman–Crippen MR) is 69.7 cm³/mol. The summed E-state index contributed by atoms with van der Waals surface area (Å²) in [5, 5.41) is 20.0. The number of H-pyrrole nitrogens is 1. The van der Waals surface area contributed by atoms with Gasteiger partial charge in [0.25, 0.3) is 5.56 Å². The van der Waals surface area contributed by atoms with Crippen molar-refractivity contribution < 1.29 is 24.4 Å². The number of nitrogens with one attached hydrogen (secondary N) is 1. The summed E-state index contributed by atoms with van der Waals surface area (Å²) in [6, 6.07) is 1.03. The van der Waals surface area contributed by atoms with Gasteiger partial charge in [-0.3, -0.25) is 25.6 Å². The second-order valence-corrected chi connectivity index (χ2v) is 5.34. The van der Waals surface area contributed by atoms with E-state index in [2.05, 4.69) is 0 Å². The maximum atomic E-state index is 11.7. The zero-order valence-electron chi connectivity index (χ0n) is 10.6. The summed E-state index contributed by atoms with van der Waals surface area (Å²) in [5.74, 6) is 0. The van der Waals surface area contributed by atoms with Gasteiger partial charge in [-0.15, -0.1) is 0 Å². The van der Waals surface area contributed by atoms with Gasteiger partial charge in [-0.2, -0.15) is 0 Å². The first-order chi connectivity index (χ1) is 9.73. The van der Waals surface area contributed by atoms with Crippen LogP contribution in [0.25, 0.3) is 0 Å². The van der Waals surface area contributed by atoms with Crippen molar-refractivity contribution in [3.8, 4) is 0 Å². The molecule has 2 heterocycles. The molecular formula is C9H15N4O7P. The Balaban J connectivity index is 2.27. The standard InChI is InChI=1S/C9H15N4O7P/c10-9(17)6(15)4(3-19-21(11)18)20-7(9)13-2-1-5(14)12-8(13)16/h1-2,4,6-7,15,17-18H,3,10-11H2,(H,12,14,16)/t4-,6-,7-,9-,21?/m1/s1. The number of aromatic amines is 1. The highest BCUT2D eigenvalue weighted by atomic mass is 31.2. The minimum Gasteiger partial charge on any atom is -0.386 e. The molecule has 1 fully saturated rings. The predicted octanol–water partition coefficient (Wildman–Crippen LogP) is -3.36. The molecule has 1 aliphatic heterocycles. The van der Waals surface area contributed by atoms with Gasteiger partial charge in [0.15, 0.2) is 12.0 Å². The van der Waals surface area contributed by atoms with Crippen molar-refractivity contribution in [2.45, 2.75) is 24.2 Å². The molecule has 1 aliphatic rings. The summed E-state index contributed by atoms with van der Waals surface area (Å²) in [5.41, 5.74) is 6.82. The summed E-state index contributed by atoms with van der Waals surface area (Å²) >= 11 is 0. The highest BCUT2D eigenvalue weighted by Crippen LogP contribution is 2.35. The largest absolute Gasteiger partial charge is 0.386 e.